The molecule has 0 saturated heterocycles. The number of nitrogens with one attached hydrogen (secondary N) is 2. The summed E-state index contributed by atoms with van der Waals surface area (Å²) in [4.78, 5) is 24.4. The van der Waals surface area contributed by atoms with Crippen molar-refractivity contribution in [3.8, 4) is 0 Å². The van der Waals surface area contributed by atoms with E-state index in [1.165, 1.54) is 0 Å². The van der Waals surface area contributed by atoms with E-state index in [-0.39, 0.29) is 29.7 Å². The number of rotatable bonds is 6. The molecule has 4 nitrogen and oxygen atoms in total. The second-order valence-electron chi connectivity index (χ2n) is 6.99. The molecule has 0 aliphatic heterocycles. The third-order valence-corrected chi connectivity index (χ3v) is 5.20. The zero-order chi connectivity index (χ0) is 18.4. The van der Waals surface area contributed by atoms with Gasteiger partial charge < -0.3 is 10.6 Å². The zero-order valence-corrected chi connectivity index (χ0v) is 16.3. The van der Waals surface area contributed by atoms with E-state index < -0.39 is 0 Å². The van der Waals surface area contributed by atoms with Crippen LogP contribution in [0.1, 0.15) is 45.1 Å². The topological polar surface area (TPSA) is 58.2 Å². The summed E-state index contributed by atoms with van der Waals surface area (Å²) in [7, 11) is 0. The molecule has 1 saturated carbocycles. The van der Waals surface area contributed by atoms with Crippen LogP contribution in [-0.4, -0.2) is 24.4 Å². The Kier molecular flexibility index (Phi) is 7.57. The van der Waals surface area contributed by atoms with Gasteiger partial charge in [0.15, 0.2) is 0 Å². The fraction of sp³-hybridized carbons (Fsp3) is 0.579. The highest BCUT2D eigenvalue weighted by Gasteiger charge is 2.29. The Bertz CT molecular complexity index is 611. The number of benzene rings is 1. The van der Waals surface area contributed by atoms with Crippen LogP contribution < -0.4 is 10.6 Å². The number of hydrogen-bond acceptors (Lipinski definition) is 2. The van der Waals surface area contributed by atoms with E-state index in [0.717, 1.165) is 31.2 Å². The van der Waals surface area contributed by atoms with Crippen LogP contribution in [0.15, 0.2) is 18.2 Å². The standard InChI is InChI=1S/C19H26Cl2N2O2/c1-12(2)23-19(25)15-5-3-14(4-6-15)18(24)22-10-9-13-7-8-16(20)11-17(13)21/h7-8,11-12,14-15H,3-6,9-10H2,1-2H3,(H,22,24)(H,23,25). The van der Waals surface area contributed by atoms with Gasteiger partial charge in [0.25, 0.3) is 0 Å². The number of carbonyl (C=O) groups is 2. The predicted molar refractivity (Wildman–Crippen MR) is 102 cm³/mol. The predicted octanol–water partition coefficient (Wildman–Crippen LogP) is 3.98. The maximum Gasteiger partial charge on any atom is 0.223 e. The summed E-state index contributed by atoms with van der Waals surface area (Å²) < 4.78 is 0. The quantitative estimate of drug-likeness (QED) is 0.778. The van der Waals surface area contributed by atoms with Gasteiger partial charge in [-0.2, -0.15) is 0 Å². The van der Waals surface area contributed by atoms with Gasteiger partial charge in [-0.05, 0) is 63.6 Å². The summed E-state index contributed by atoms with van der Waals surface area (Å²) in [5.74, 6) is 0.238. The summed E-state index contributed by atoms with van der Waals surface area (Å²) in [6, 6.07) is 5.56. The number of carbonyl (C=O) groups excluding carboxylic acids is 2. The lowest BCUT2D eigenvalue weighted by Gasteiger charge is -2.27. The first-order valence-corrected chi connectivity index (χ1v) is 9.64. The summed E-state index contributed by atoms with van der Waals surface area (Å²) in [6.07, 6.45) is 3.76. The van der Waals surface area contributed by atoms with Crippen molar-refractivity contribution in [3.05, 3.63) is 33.8 Å². The molecule has 2 N–H and O–H groups in total. The minimum absolute atomic E-state index is 0.00351. The first-order valence-electron chi connectivity index (χ1n) is 8.89. The van der Waals surface area contributed by atoms with E-state index in [9.17, 15) is 9.59 Å². The number of halogens is 2. The van der Waals surface area contributed by atoms with Crippen LogP contribution in [0, 0.1) is 11.8 Å². The lowest BCUT2D eigenvalue weighted by molar-refractivity contribution is -0.130. The van der Waals surface area contributed by atoms with E-state index in [1.807, 2.05) is 19.9 Å². The molecular weight excluding hydrogens is 359 g/mol. The van der Waals surface area contributed by atoms with Crippen molar-refractivity contribution in [1.29, 1.82) is 0 Å². The molecule has 0 radical (unpaired) electrons. The maximum atomic E-state index is 12.3. The van der Waals surface area contributed by atoms with E-state index in [4.69, 9.17) is 23.2 Å². The zero-order valence-electron chi connectivity index (χ0n) is 14.8. The molecule has 1 fully saturated rings. The van der Waals surface area contributed by atoms with Gasteiger partial charge >= 0.3 is 0 Å². The average Bonchev–Trinajstić information content (AvgIpc) is 2.56. The number of amides is 2. The first-order chi connectivity index (χ1) is 11.9. The molecule has 2 rings (SSSR count). The van der Waals surface area contributed by atoms with Gasteiger partial charge in [0.1, 0.15) is 0 Å². The van der Waals surface area contributed by atoms with Crippen molar-refractivity contribution in [3.63, 3.8) is 0 Å². The third-order valence-electron chi connectivity index (χ3n) is 4.61. The Labute approximate surface area is 159 Å². The number of hydrogen-bond donors (Lipinski definition) is 2. The van der Waals surface area contributed by atoms with Crippen molar-refractivity contribution in [2.45, 2.75) is 52.0 Å². The Morgan fingerprint density at radius 1 is 1.08 bits per heavy atom. The summed E-state index contributed by atoms with van der Waals surface area (Å²) in [5.41, 5.74) is 0.973. The lowest BCUT2D eigenvalue weighted by Crippen LogP contribution is -2.39. The minimum Gasteiger partial charge on any atom is -0.356 e. The molecule has 1 aliphatic carbocycles. The summed E-state index contributed by atoms with van der Waals surface area (Å²) in [5, 5.41) is 7.18. The van der Waals surface area contributed by atoms with Crippen LogP contribution >= 0.6 is 23.2 Å². The molecular formula is C19H26Cl2N2O2. The van der Waals surface area contributed by atoms with Gasteiger partial charge in [0, 0.05) is 34.5 Å². The van der Waals surface area contributed by atoms with Crippen LogP contribution in [0.2, 0.25) is 10.0 Å². The molecule has 0 bridgehead atoms. The van der Waals surface area contributed by atoms with Crippen molar-refractivity contribution in [1.82, 2.24) is 10.6 Å². The Morgan fingerprint density at radius 3 is 2.24 bits per heavy atom. The summed E-state index contributed by atoms with van der Waals surface area (Å²) in [6.45, 7) is 4.47. The molecule has 0 heterocycles. The van der Waals surface area contributed by atoms with Gasteiger partial charge in [-0.15, -0.1) is 0 Å². The molecule has 138 valence electrons. The van der Waals surface area contributed by atoms with Crippen molar-refractivity contribution >= 4 is 35.0 Å². The highest BCUT2D eigenvalue weighted by atomic mass is 35.5. The Hall–Kier alpha value is -1.26. The minimum atomic E-state index is 0.00351. The largest absolute Gasteiger partial charge is 0.356 e. The molecule has 2 amide bonds. The van der Waals surface area contributed by atoms with E-state index in [0.29, 0.717) is 23.0 Å². The maximum absolute atomic E-state index is 12.3. The van der Waals surface area contributed by atoms with Gasteiger partial charge in [-0.25, -0.2) is 0 Å². The SMILES string of the molecule is CC(C)NC(=O)C1CCC(C(=O)NCCc2ccc(Cl)cc2Cl)CC1. The first kappa shape index (κ1) is 20.1. The fourth-order valence-electron chi connectivity index (χ4n) is 3.21. The average molecular weight is 385 g/mol. The summed E-state index contributed by atoms with van der Waals surface area (Å²) >= 11 is 12.0. The Balaban J connectivity index is 1.73. The van der Waals surface area contributed by atoms with Crippen LogP contribution in [0.4, 0.5) is 0 Å². The van der Waals surface area contributed by atoms with Crippen molar-refractivity contribution < 1.29 is 9.59 Å². The van der Waals surface area contributed by atoms with Gasteiger partial charge in [-0.1, -0.05) is 29.3 Å². The highest BCUT2D eigenvalue weighted by Crippen LogP contribution is 2.29. The van der Waals surface area contributed by atoms with E-state index in [2.05, 4.69) is 10.6 Å². The van der Waals surface area contributed by atoms with E-state index >= 15 is 0 Å². The molecule has 1 aromatic carbocycles. The van der Waals surface area contributed by atoms with Gasteiger partial charge in [0.05, 0.1) is 0 Å². The smallest absolute Gasteiger partial charge is 0.223 e. The molecule has 0 atom stereocenters. The molecule has 1 aliphatic rings. The van der Waals surface area contributed by atoms with Crippen LogP contribution in [-0.2, 0) is 16.0 Å². The molecule has 6 heteroatoms. The van der Waals surface area contributed by atoms with E-state index in [1.54, 1.807) is 12.1 Å². The third kappa shape index (κ3) is 6.19. The normalized spacial score (nSPS) is 20.4. The second-order valence-corrected chi connectivity index (χ2v) is 7.83. The monoisotopic (exact) mass is 384 g/mol. The van der Waals surface area contributed by atoms with Gasteiger partial charge in [0.2, 0.25) is 11.8 Å². The Morgan fingerprint density at radius 2 is 1.68 bits per heavy atom. The molecule has 1 aromatic rings. The highest BCUT2D eigenvalue weighted by molar-refractivity contribution is 6.35. The lowest BCUT2D eigenvalue weighted by atomic mass is 9.81. The molecule has 0 unspecified atom stereocenters. The molecule has 0 spiro atoms. The molecule has 0 aromatic heterocycles. The second kappa shape index (κ2) is 9.44. The van der Waals surface area contributed by atoms with Crippen molar-refractivity contribution in [2.24, 2.45) is 11.8 Å². The van der Waals surface area contributed by atoms with Crippen LogP contribution in [0.3, 0.4) is 0 Å². The van der Waals surface area contributed by atoms with Crippen LogP contribution in [0.5, 0.6) is 0 Å². The van der Waals surface area contributed by atoms with Gasteiger partial charge in [-0.3, -0.25) is 9.59 Å². The van der Waals surface area contributed by atoms with Crippen LogP contribution in [0.25, 0.3) is 0 Å². The van der Waals surface area contributed by atoms with Crippen molar-refractivity contribution in [2.75, 3.05) is 6.54 Å². The molecule has 25 heavy (non-hydrogen) atoms. The fourth-order valence-corrected chi connectivity index (χ4v) is 3.71.